The highest BCUT2D eigenvalue weighted by Crippen LogP contribution is 2.39. The number of hydrogen-bond acceptors (Lipinski definition) is 5. The molecular weight excluding hydrogens is 424 g/mol. The lowest BCUT2D eigenvalue weighted by molar-refractivity contribution is -0.123. The summed E-state index contributed by atoms with van der Waals surface area (Å²) in [5.41, 5.74) is 4.34. The van der Waals surface area contributed by atoms with Gasteiger partial charge in [-0.15, -0.1) is 0 Å². The van der Waals surface area contributed by atoms with E-state index in [4.69, 9.17) is 0 Å². The molecule has 0 bridgehead atoms. The van der Waals surface area contributed by atoms with Crippen molar-refractivity contribution in [3.05, 3.63) is 84.2 Å². The largest absolute Gasteiger partial charge is 0.508 e. The number of benzene rings is 3. The highest BCUT2D eigenvalue weighted by molar-refractivity contribution is 5.95. The lowest BCUT2D eigenvalue weighted by atomic mass is 10.1. The molecule has 0 unspecified atom stereocenters. The number of nitrogens with zero attached hydrogens (tertiary/aromatic N) is 3. The molecule has 0 saturated heterocycles. The van der Waals surface area contributed by atoms with Gasteiger partial charge in [0.2, 0.25) is 5.91 Å². The number of rotatable bonds is 5. The number of fused-ring (bicyclic) bond motifs is 1. The maximum Gasteiger partial charge on any atom is 0.223 e. The van der Waals surface area contributed by atoms with Gasteiger partial charge in [0.1, 0.15) is 17.9 Å². The Bertz CT molecular complexity index is 1390. The second-order valence-electron chi connectivity index (χ2n) is 8.25. The van der Waals surface area contributed by atoms with Gasteiger partial charge in [0.05, 0.1) is 17.7 Å². The first-order valence-corrected chi connectivity index (χ1v) is 11.1. The molecule has 34 heavy (non-hydrogen) atoms. The predicted molar refractivity (Wildman–Crippen MR) is 135 cm³/mol. The molecule has 0 fully saturated rings. The van der Waals surface area contributed by atoms with Crippen molar-refractivity contribution in [1.82, 2.24) is 15.3 Å². The highest BCUT2D eigenvalue weighted by Gasteiger charge is 2.19. The van der Waals surface area contributed by atoms with Crippen molar-refractivity contribution in [2.24, 2.45) is 5.92 Å². The normalized spacial score (nSPS) is 10.6. The van der Waals surface area contributed by atoms with Crippen molar-refractivity contribution < 1.29 is 9.90 Å². The molecule has 4 aromatic rings. The van der Waals surface area contributed by atoms with E-state index >= 15 is 0 Å². The fraction of sp³-hybridized carbons (Fsp3) is 0.179. The molecule has 3 aromatic carbocycles. The number of anilines is 3. The fourth-order valence-corrected chi connectivity index (χ4v) is 3.62. The number of phenolic OH excluding ortho intramolecular Hbond substituents is 1. The summed E-state index contributed by atoms with van der Waals surface area (Å²) in [5.74, 6) is 6.96. The summed E-state index contributed by atoms with van der Waals surface area (Å²) in [4.78, 5) is 22.9. The van der Waals surface area contributed by atoms with E-state index < -0.39 is 0 Å². The van der Waals surface area contributed by atoms with Crippen LogP contribution in [0.3, 0.4) is 0 Å². The van der Waals surface area contributed by atoms with E-state index in [1.165, 1.54) is 0 Å². The molecule has 1 aromatic heterocycles. The molecular formula is C28H26N4O2. The minimum absolute atomic E-state index is 0.0220. The summed E-state index contributed by atoms with van der Waals surface area (Å²) >= 11 is 0. The van der Waals surface area contributed by atoms with Crippen LogP contribution >= 0.6 is 0 Å². The van der Waals surface area contributed by atoms with Crippen LogP contribution in [-0.4, -0.2) is 27.5 Å². The minimum atomic E-state index is -0.0745. The second-order valence-corrected chi connectivity index (χ2v) is 8.25. The van der Waals surface area contributed by atoms with Crippen LogP contribution in [0.25, 0.3) is 10.9 Å². The molecule has 6 nitrogen and oxygen atoms in total. The summed E-state index contributed by atoms with van der Waals surface area (Å²) in [5, 5.41) is 13.6. The topological polar surface area (TPSA) is 78.3 Å². The number of para-hydroxylation sites is 1. The van der Waals surface area contributed by atoms with E-state index in [1.807, 2.05) is 75.4 Å². The Morgan fingerprint density at radius 1 is 1.06 bits per heavy atom. The first kappa shape index (κ1) is 22.8. The molecule has 0 spiro atoms. The lowest BCUT2D eigenvalue weighted by Gasteiger charge is -2.26. The summed E-state index contributed by atoms with van der Waals surface area (Å²) in [6.07, 6.45) is 1.55. The van der Waals surface area contributed by atoms with Crippen LogP contribution in [0, 0.1) is 24.7 Å². The molecule has 1 amide bonds. The van der Waals surface area contributed by atoms with Gasteiger partial charge in [-0.3, -0.25) is 9.69 Å². The Balaban J connectivity index is 1.79. The molecule has 0 radical (unpaired) electrons. The average molecular weight is 451 g/mol. The fourth-order valence-electron chi connectivity index (χ4n) is 3.62. The third kappa shape index (κ3) is 5.00. The molecule has 0 aliphatic rings. The Kier molecular flexibility index (Phi) is 6.74. The quantitative estimate of drug-likeness (QED) is 0.407. The Morgan fingerprint density at radius 2 is 1.85 bits per heavy atom. The number of nitrogens with one attached hydrogen (secondary N) is 1. The summed E-state index contributed by atoms with van der Waals surface area (Å²) in [6.45, 7) is 5.94. The zero-order chi connectivity index (χ0) is 24.1. The summed E-state index contributed by atoms with van der Waals surface area (Å²) in [6, 6.07) is 21.0. The van der Waals surface area contributed by atoms with Gasteiger partial charge in [0.15, 0.2) is 0 Å². The molecule has 1 heterocycles. The molecule has 4 rings (SSSR count). The van der Waals surface area contributed by atoms with Gasteiger partial charge in [0.25, 0.3) is 0 Å². The summed E-state index contributed by atoms with van der Waals surface area (Å²) in [7, 11) is 0. The van der Waals surface area contributed by atoms with Crippen LogP contribution < -0.4 is 10.2 Å². The molecule has 6 heteroatoms. The van der Waals surface area contributed by atoms with E-state index in [-0.39, 0.29) is 24.1 Å². The zero-order valence-corrected chi connectivity index (χ0v) is 19.4. The van der Waals surface area contributed by atoms with Crippen molar-refractivity contribution in [3.63, 3.8) is 0 Å². The Morgan fingerprint density at radius 3 is 2.59 bits per heavy atom. The van der Waals surface area contributed by atoms with E-state index in [2.05, 4.69) is 32.0 Å². The number of phenols is 1. The average Bonchev–Trinajstić information content (AvgIpc) is 2.84. The van der Waals surface area contributed by atoms with Crippen molar-refractivity contribution in [3.8, 4) is 17.6 Å². The second kappa shape index (κ2) is 10.1. The number of amides is 1. The van der Waals surface area contributed by atoms with E-state index in [0.717, 1.165) is 33.4 Å². The number of aromatic hydroxyl groups is 1. The standard InChI is InChI=1S/C28H26N4O2/c1-19(2)28(34)29-15-7-8-21-11-13-25-24(17-21)27(31-18-30-25)32(22-9-5-4-6-10-22)26-14-12-23(33)16-20(26)3/h4-6,9-14,16-19,33H,15H2,1-3H3,(H,29,34). The SMILES string of the molecule is Cc1cc(O)ccc1N(c1ccccc1)c1ncnc2ccc(C#CCNC(=O)C(C)C)cc12. The number of aryl methyl sites for hydroxylation is 1. The van der Waals surface area contributed by atoms with Crippen LogP contribution in [-0.2, 0) is 4.79 Å². The molecule has 2 N–H and O–H groups in total. The third-order valence-corrected chi connectivity index (χ3v) is 5.37. The monoisotopic (exact) mass is 450 g/mol. The van der Waals surface area contributed by atoms with Crippen molar-refractivity contribution in [2.75, 3.05) is 11.4 Å². The van der Waals surface area contributed by atoms with Crippen LogP contribution in [0.5, 0.6) is 5.75 Å². The molecule has 0 aliphatic heterocycles. The van der Waals surface area contributed by atoms with Gasteiger partial charge in [0, 0.05) is 22.6 Å². The van der Waals surface area contributed by atoms with Crippen molar-refractivity contribution >= 4 is 34.0 Å². The number of aromatic nitrogens is 2. The predicted octanol–water partition coefficient (Wildman–Crippen LogP) is 5.24. The Labute approximate surface area is 199 Å². The van der Waals surface area contributed by atoms with Gasteiger partial charge in [-0.05, 0) is 61.0 Å². The molecule has 0 aliphatic carbocycles. The van der Waals surface area contributed by atoms with Gasteiger partial charge in [-0.25, -0.2) is 9.97 Å². The summed E-state index contributed by atoms with van der Waals surface area (Å²) < 4.78 is 0. The third-order valence-electron chi connectivity index (χ3n) is 5.37. The molecule has 170 valence electrons. The highest BCUT2D eigenvalue weighted by atomic mass is 16.3. The van der Waals surface area contributed by atoms with Crippen molar-refractivity contribution in [1.29, 1.82) is 0 Å². The van der Waals surface area contributed by atoms with Crippen LogP contribution in [0.2, 0.25) is 0 Å². The number of hydrogen-bond donors (Lipinski definition) is 2. The molecule has 0 saturated carbocycles. The smallest absolute Gasteiger partial charge is 0.223 e. The van der Waals surface area contributed by atoms with Gasteiger partial charge < -0.3 is 10.4 Å². The van der Waals surface area contributed by atoms with Gasteiger partial charge >= 0.3 is 0 Å². The van der Waals surface area contributed by atoms with E-state index in [0.29, 0.717) is 5.82 Å². The first-order valence-electron chi connectivity index (χ1n) is 11.1. The van der Waals surface area contributed by atoms with Crippen molar-refractivity contribution in [2.45, 2.75) is 20.8 Å². The van der Waals surface area contributed by atoms with Gasteiger partial charge in [-0.2, -0.15) is 0 Å². The zero-order valence-electron chi connectivity index (χ0n) is 19.4. The maximum atomic E-state index is 11.7. The first-order chi connectivity index (χ1) is 16.4. The van der Waals surface area contributed by atoms with E-state index in [9.17, 15) is 9.90 Å². The van der Waals surface area contributed by atoms with Crippen LogP contribution in [0.1, 0.15) is 25.0 Å². The minimum Gasteiger partial charge on any atom is -0.508 e. The van der Waals surface area contributed by atoms with Gasteiger partial charge in [-0.1, -0.05) is 43.9 Å². The number of carbonyl (C=O) groups is 1. The maximum absolute atomic E-state index is 11.7. The number of carbonyl (C=O) groups excluding carboxylic acids is 1. The van der Waals surface area contributed by atoms with E-state index in [1.54, 1.807) is 18.5 Å². The van der Waals surface area contributed by atoms with Crippen LogP contribution in [0.4, 0.5) is 17.2 Å². The Hall–Kier alpha value is -4.37. The van der Waals surface area contributed by atoms with Crippen LogP contribution in [0.15, 0.2) is 73.1 Å². The molecule has 0 atom stereocenters. The lowest BCUT2D eigenvalue weighted by Crippen LogP contribution is -2.27.